The van der Waals surface area contributed by atoms with Gasteiger partial charge in [0.2, 0.25) is 5.91 Å². The number of halogens is 1. The first-order valence-corrected chi connectivity index (χ1v) is 11.0. The number of carbonyl (C=O) groups is 2. The fourth-order valence-electron chi connectivity index (χ4n) is 3.17. The second kappa shape index (κ2) is 9.99. The molecule has 3 rings (SSSR count). The normalized spacial score (nSPS) is 16.4. The maximum Gasteiger partial charge on any atom is 0.251 e. The van der Waals surface area contributed by atoms with E-state index in [1.54, 1.807) is 11.8 Å². The summed E-state index contributed by atoms with van der Waals surface area (Å²) in [4.78, 5) is 26.5. The highest BCUT2D eigenvalue weighted by Crippen LogP contribution is 2.39. The highest BCUT2D eigenvalue weighted by Gasteiger charge is 2.32. The van der Waals surface area contributed by atoms with Crippen molar-refractivity contribution in [2.75, 3.05) is 12.3 Å². The number of benzene rings is 2. The molecule has 1 aliphatic rings. The Balaban J connectivity index is 1.65. The number of carbonyl (C=O) groups excluding carboxylic acids is 2. The monoisotopic (exact) mass is 416 g/mol. The highest BCUT2D eigenvalue weighted by atomic mass is 35.5. The van der Waals surface area contributed by atoms with Gasteiger partial charge in [0.25, 0.3) is 5.91 Å². The molecule has 1 atom stereocenters. The molecular weight excluding hydrogens is 392 g/mol. The molecule has 0 bridgehead atoms. The summed E-state index contributed by atoms with van der Waals surface area (Å²) in [6.45, 7) is 3.39. The summed E-state index contributed by atoms with van der Waals surface area (Å²) in [6, 6.07) is 15.2. The van der Waals surface area contributed by atoms with E-state index >= 15 is 0 Å². The van der Waals surface area contributed by atoms with Gasteiger partial charge in [-0.2, -0.15) is 0 Å². The van der Waals surface area contributed by atoms with Gasteiger partial charge in [-0.05, 0) is 41.8 Å². The molecular formula is C22H25ClN2O2S. The van der Waals surface area contributed by atoms with Crippen molar-refractivity contribution >= 4 is 35.2 Å². The van der Waals surface area contributed by atoms with Crippen LogP contribution in [0.1, 0.15) is 53.0 Å². The number of nitrogens with zero attached hydrogens (tertiary/aromatic N) is 1. The zero-order chi connectivity index (χ0) is 19.9. The van der Waals surface area contributed by atoms with E-state index in [4.69, 9.17) is 11.6 Å². The van der Waals surface area contributed by atoms with Crippen LogP contribution in [0, 0.1) is 0 Å². The quantitative estimate of drug-likeness (QED) is 0.613. The van der Waals surface area contributed by atoms with Gasteiger partial charge in [0.05, 0.1) is 5.75 Å². The lowest BCUT2D eigenvalue weighted by molar-refractivity contribution is -0.128. The van der Waals surface area contributed by atoms with Crippen LogP contribution in [0.5, 0.6) is 0 Å². The van der Waals surface area contributed by atoms with Crippen LogP contribution in [0.2, 0.25) is 5.02 Å². The summed E-state index contributed by atoms with van der Waals surface area (Å²) in [5.74, 6) is 0.552. The minimum Gasteiger partial charge on any atom is -0.352 e. The molecule has 1 saturated heterocycles. The fourth-order valence-corrected chi connectivity index (χ4v) is 4.48. The van der Waals surface area contributed by atoms with Crippen LogP contribution in [-0.2, 0) is 11.3 Å². The lowest BCUT2D eigenvalue weighted by Gasteiger charge is -2.24. The molecule has 1 fully saturated rings. The average molecular weight is 417 g/mol. The van der Waals surface area contributed by atoms with Gasteiger partial charge in [-0.1, -0.05) is 55.6 Å². The number of hydrogen-bond donors (Lipinski definition) is 1. The molecule has 0 spiro atoms. The third-order valence-corrected chi connectivity index (χ3v) is 6.27. The van der Waals surface area contributed by atoms with Crippen molar-refractivity contribution < 1.29 is 9.59 Å². The van der Waals surface area contributed by atoms with E-state index in [2.05, 4.69) is 12.2 Å². The lowest BCUT2D eigenvalue weighted by Crippen LogP contribution is -2.28. The molecule has 1 heterocycles. The van der Waals surface area contributed by atoms with Crippen molar-refractivity contribution in [3.63, 3.8) is 0 Å². The maximum atomic E-state index is 12.4. The van der Waals surface area contributed by atoms with Crippen LogP contribution in [0.15, 0.2) is 48.5 Å². The molecule has 2 aromatic carbocycles. The largest absolute Gasteiger partial charge is 0.352 e. The molecule has 2 amide bonds. The number of nitrogens with one attached hydrogen (secondary N) is 1. The smallest absolute Gasteiger partial charge is 0.251 e. The fraction of sp³-hybridized carbons (Fsp3) is 0.364. The predicted octanol–water partition coefficient (Wildman–Crippen LogP) is 5.03. The van der Waals surface area contributed by atoms with Crippen LogP contribution in [0.4, 0.5) is 0 Å². The van der Waals surface area contributed by atoms with Crippen molar-refractivity contribution in [2.24, 2.45) is 0 Å². The van der Waals surface area contributed by atoms with Crippen LogP contribution in [0.3, 0.4) is 0 Å². The van der Waals surface area contributed by atoms with E-state index in [9.17, 15) is 9.59 Å². The summed E-state index contributed by atoms with van der Waals surface area (Å²) in [5.41, 5.74) is 2.74. The predicted molar refractivity (Wildman–Crippen MR) is 116 cm³/mol. The van der Waals surface area contributed by atoms with Gasteiger partial charge in [-0.15, -0.1) is 11.8 Å². The zero-order valence-electron chi connectivity index (χ0n) is 16.0. The zero-order valence-corrected chi connectivity index (χ0v) is 17.6. The summed E-state index contributed by atoms with van der Waals surface area (Å²) in [7, 11) is 0. The first-order chi connectivity index (χ1) is 13.6. The molecule has 0 aliphatic carbocycles. The van der Waals surface area contributed by atoms with Gasteiger partial charge in [0, 0.05) is 23.7 Å². The maximum absolute atomic E-state index is 12.4. The number of amides is 2. The number of unbranched alkanes of at least 4 members (excludes halogenated alkanes) is 2. The molecule has 4 nitrogen and oxygen atoms in total. The highest BCUT2D eigenvalue weighted by molar-refractivity contribution is 8.00. The topological polar surface area (TPSA) is 49.4 Å². The summed E-state index contributed by atoms with van der Waals surface area (Å²) in [5, 5.41) is 3.61. The summed E-state index contributed by atoms with van der Waals surface area (Å²) in [6.07, 6.45) is 3.26. The molecule has 148 valence electrons. The SMILES string of the molecule is CCCCCNC(=O)c1ccc([C@@H]2SCC(=O)N2Cc2ccc(Cl)cc2)cc1. The van der Waals surface area contributed by atoms with Gasteiger partial charge in [0.1, 0.15) is 5.37 Å². The first kappa shape index (κ1) is 20.7. The van der Waals surface area contributed by atoms with Crippen LogP contribution < -0.4 is 5.32 Å². The Kier molecular flexibility index (Phi) is 7.40. The molecule has 6 heteroatoms. The standard InChI is InChI=1S/C22H25ClN2O2S/c1-2-3-4-13-24-21(27)17-7-9-18(10-8-17)22-25(20(26)15-28-22)14-16-5-11-19(23)12-6-16/h5-12,22H,2-4,13-15H2,1H3,(H,24,27)/t22-/m0/s1. The van der Waals surface area contributed by atoms with Crippen LogP contribution in [0.25, 0.3) is 0 Å². The van der Waals surface area contributed by atoms with Crippen molar-refractivity contribution in [1.29, 1.82) is 0 Å². The van der Waals surface area contributed by atoms with Crippen molar-refractivity contribution in [3.05, 3.63) is 70.2 Å². The van der Waals surface area contributed by atoms with E-state index in [1.165, 1.54) is 0 Å². The first-order valence-electron chi connectivity index (χ1n) is 9.62. The summed E-state index contributed by atoms with van der Waals surface area (Å²) >= 11 is 7.57. The number of hydrogen-bond acceptors (Lipinski definition) is 3. The van der Waals surface area contributed by atoms with Gasteiger partial charge in [-0.3, -0.25) is 9.59 Å². The lowest BCUT2D eigenvalue weighted by atomic mass is 10.1. The molecule has 28 heavy (non-hydrogen) atoms. The number of thioether (sulfide) groups is 1. The van der Waals surface area contributed by atoms with Gasteiger partial charge < -0.3 is 10.2 Å². The van der Waals surface area contributed by atoms with E-state index in [0.717, 1.165) is 30.4 Å². The van der Waals surface area contributed by atoms with E-state index < -0.39 is 0 Å². The minimum absolute atomic E-state index is 0.0372. The molecule has 1 aliphatic heterocycles. The molecule has 0 radical (unpaired) electrons. The average Bonchev–Trinajstić information content (AvgIpc) is 3.07. The Morgan fingerprint density at radius 2 is 1.86 bits per heavy atom. The molecule has 0 aromatic heterocycles. The van der Waals surface area contributed by atoms with Gasteiger partial charge in [0.15, 0.2) is 0 Å². The van der Waals surface area contributed by atoms with E-state index in [0.29, 0.717) is 29.4 Å². The second-order valence-corrected chi connectivity index (χ2v) is 8.40. The number of rotatable bonds is 8. The van der Waals surface area contributed by atoms with E-state index in [1.807, 2.05) is 53.4 Å². The molecule has 2 aromatic rings. The van der Waals surface area contributed by atoms with Gasteiger partial charge >= 0.3 is 0 Å². The van der Waals surface area contributed by atoms with Crippen molar-refractivity contribution in [2.45, 2.75) is 38.1 Å². The minimum atomic E-state index is -0.0455. The third kappa shape index (κ3) is 5.30. The van der Waals surface area contributed by atoms with Crippen LogP contribution in [-0.4, -0.2) is 29.0 Å². The Morgan fingerprint density at radius 3 is 2.54 bits per heavy atom. The molecule has 1 N–H and O–H groups in total. The molecule has 0 saturated carbocycles. The van der Waals surface area contributed by atoms with Crippen LogP contribution >= 0.6 is 23.4 Å². The Hall–Kier alpha value is -1.98. The van der Waals surface area contributed by atoms with Crippen molar-refractivity contribution in [3.8, 4) is 0 Å². The Bertz CT molecular complexity index is 808. The Morgan fingerprint density at radius 1 is 1.14 bits per heavy atom. The second-order valence-electron chi connectivity index (χ2n) is 6.90. The van der Waals surface area contributed by atoms with E-state index in [-0.39, 0.29) is 17.2 Å². The Labute approximate surface area is 175 Å². The van der Waals surface area contributed by atoms with Crippen molar-refractivity contribution in [1.82, 2.24) is 10.2 Å². The summed E-state index contributed by atoms with van der Waals surface area (Å²) < 4.78 is 0. The molecule has 0 unspecified atom stereocenters. The van der Waals surface area contributed by atoms with Gasteiger partial charge in [-0.25, -0.2) is 0 Å². The third-order valence-electron chi connectivity index (χ3n) is 4.76.